The standard InChI is InChI=1S/C18H25NO4S/c1-3-5-7-8-9-17(18(20)19-21)24(22)16-12-10-15(11-13-16)23-14-6-4-2/h10-13,17,21H,3,5,7-9,14H2,1-2H3,(H,19,20)/t17-,24?/m1/s1. The van der Waals surface area contributed by atoms with Gasteiger partial charge in [-0.05, 0) is 37.6 Å². The first-order valence-electron chi connectivity index (χ1n) is 8.11. The highest BCUT2D eigenvalue weighted by atomic mass is 32.2. The Hall–Kier alpha value is -1.84. The molecule has 0 saturated carbocycles. The molecule has 24 heavy (non-hydrogen) atoms. The molecule has 0 saturated heterocycles. The molecule has 0 aliphatic heterocycles. The van der Waals surface area contributed by atoms with Crippen molar-refractivity contribution in [3.8, 4) is 17.6 Å². The summed E-state index contributed by atoms with van der Waals surface area (Å²) < 4.78 is 18.1. The lowest BCUT2D eigenvalue weighted by Gasteiger charge is -2.15. The predicted molar refractivity (Wildman–Crippen MR) is 94.3 cm³/mol. The van der Waals surface area contributed by atoms with E-state index < -0.39 is 22.0 Å². The second-order valence-electron chi connectivity index (χ2n) is 5.30. The molecule has 1 amide bonds. The van der Waals surface area contributed by atoms with Crippen LogP contribution in [-0.4, -0.2) is 27.2 Å². The van der Waals surface area contributed by atoms with Gasteiger partial charge < -0.3 is 4.74 Å². The van der Waals surface area contributed by atoms with Crippen LogP contribution in [0.5, 0.6) is 5.75 Å². The Kier molecular flexibility index (Phi) is 9.81. The molecule has 1 unspecified atom stereocenters. The fourth-order valence-electron chi connectivity index (χ4n) is 2.19. The Labute approximate surface area is 146 Å². The minimum absolute atomic E-state index is 0.298. The topological polar surface area (TPSA) is 75.6 Å². The van der Waals surface area contributed by atoms with Crippen LogP contribution < -0.4 is 10.2 Å². The van der Waals surface area contributed by atoms with E-state index in [2.05, 4.69) is 18.8 Å². The molecule has 1 rings (SSSR count). The number of hydrogen-bond donors (Lipinski definition) is 2. The van der Waals surface area contributed by atoms with Gasteiger partial charge in [0.2, 0.25) is 0 Å². The average molecular weight is 351 g/mol. The number of carbonyl (C=O) groups excluding carboxylic acids is 1. The number of nitrogens with one attached hydrogen (secondary N) is 1. The summed E-state index contributed by atoms with van der Waals surface area (Å²) >= 11 is 0. The molecule has 2 N–H and O–H groups in total. The van der Waals surface area contributed by atoms with Crippen LogP contribution in [0.4, 0.5) is 0 Å². The van der Waals surface area contributed by atoms with E-state index in [1.165, 1.54) is 0 Å². The highest BCUT2D eigenvalue weighted by Crippen LogP contribution is 2.20. The van der Waals surface area contributed by atoms with Crippen molar-refractivity contribution in [2.24, 2.45) is 0 Å². The number of carbonyl (C=O) groups is 1. The number of amides is 1. The van der Waals surface area contributed by atoms with Crippen molar-refractivity contribution < 1.29 is 18.9 Å². The first-order chi connectivity index (χ1) is 11.6. The molecule has 2 atom stereocenters. The largest absolute Gasteiger partial charge is 0.481 e. The maximum absolute atomic E-state index is 12.7. The molecule has 1 aromatic rings. The summed E-state index contributed by atoms with van der Waals surface area (Å²) in [5.74, 6) is 5.55. The van der Waals surface area contributed by atoms with E-state index in [0.717, 1.165) is 25.7 Å². The zero-order valence-corrected chi connectivity index (χ0v) is 15.0. The summed E-state index contributed by atoms with van der Waals surface area (Å²) in [5, 5.41) is 8.14. The molecule has 6 heteroatoms. The molecular formula is C18H25NO4S. The van der Waals surface area contributed by atoms with Gasteiger partial charge in [-0.2, -0.15) is 0 Å². The van der Waals surface area contributed by atoms with Gasteiger partial charge in [0.1, 0.15) is 17.6 Å². The molecule has 0 aliphatic rings. The number of hydroxylamine groups is 1. The normalized spacial score (nSPS) is 12.6. The molecule has 0 bridgehead atoms. The van der Waals surface area contributed by atoms with Crippen LogP contribution in [0.3, 0.4) is 0 Å². The third-order valence-corrected chi connectivity index (χ3v) is 5.23. The first kappa shape index (κ1) is 20.2. The Morgan fingerprint density at radius 1 is 1.29 bits per heavy atom. The Morgan fingerprint density at radius 3 is 2.58 bits per heavy atom. The molecule has 0 aromatic heterocycles. The van der Waals surface area contributed by atoms with Crippen LogP contribution >= 0.6 is 0 Å². The van der Waals surface area contributed by atoms with Crippen molar-refractivity contribution in [1.82, 2.24) is 5.48 Å². The maximum atomic E-state index is 12.7. The van der Waals surface area contributed by atoms with Crippen molar-refractivity contribution >= 4 is 16.7 Å². The molecule has 132 valence electrons. The molecule has 5 nitrogen and oxygen atoms in total. The second-order valence-corrected chi connectivity index (χ2v) is 6.93. The minimum atomic E-state index is -1.53. The monoisotopic (exact) mass is 351 g/mol. The quantitative estimate of drug-likeness (QED) is 0.294. The summed E-state index contributed by atoms with van der Waals surface area (Å²) in [4.78, 5) is 12.4. The van der Waals surface area contributed by atoms with Crippen molar-refractivity contribution in [3.63, 3.8) is 0 Å². The van der Waals surface area contributed by atoms with Gasteiger partial charge >= 0.3 is 0 Å². The highest BCUT2D eigenvalue weighted by Gasteiger charge is 2.25. The lowest BCUT2D eigenvalue weighted by Crippen LogP contribution is -2.35. The van der Waals surface area contributed by atoms with Crippen molar-refractivity contribution in [2.75, 3.05) is 6.61 Å². The van der Waals surface area contributed by atoms with E-state index in [4.69, 9.17) is 9.94 Å². The summed E-state index contributed by atoms with van der Waals surface area (Å²) in [6.07, 6.45) is 4.42. The van der Waals surface area contributed by atoms with E-state index in [1.54, 1.807) is 36.7 Å². The van der Waals surface area contributed by atoms with Gasteiger partial charge in [-0.15, -0.1) is 5.92 Å². The molecule has 0 spiro atoms. The summed E-state index contributed by atoms with van der Waals surface area (Å²) in [5.41, 5.74) is 1.63. The van der Waals surface area contributed by atoms with Gasteiger partial charge in [0.05, 0.1) is 10.8 Å². The number of ether oxygens (including phenoxy) is 1. The van der Waals surface area contributed by atoms with Crippen LogP contribution in [0, 0.1) is 11.8 Å². The number of rotatable bonds is 10. The Morgan fingerprint density at radius 2 is 2.00 bits per heavy atom. The fourth-order valence-corrected chi connectivity index (χ4v) is 3.55. The second kappa shape index (κ2) is 11.7. The van der Waals surface area contributed by atoms with E-state index in [9.17, 15) is 9.00 Å². The summed E-state index contributed by atoms with van der Waals surface area (Å²) in [6.45, 7) is 4.14. The SMILES string of the molecule is CC#CCOc1ccc(S(=O)[C@H](CCCCCC)C(=O)NO)cc1. The predicted octanol–water partition coefficient (Wildman–Crippen LogP) is 3.04. The van der Waals surface area contributed by atoms with Gasteiger partial charge in [0.15, 0.2) is 0 Å². The van der Waals surface area contributed by atoms with Crippen molar-refractivity contribution in [2.45, 2.75) is 56.1 Å². The number of unbranched alkanes of at least 4 members (excludes halogenated alkanes) is 3. The first-order valence-corrected chi connectivity index (χ1v) is 9.32. The van der Waals surface area contributed by atoms with E-state index in [0.29, 0.717) is 23.7 Å². The number of benzene rings is 1. The van der Waals surface area contributed by atoms with Crippen LogP contribution in [0.15, 0.2) is 29.2 Å². The molecule has 0 fully saturated rings. The van der Waals surface area contributed by atoms with Gasteiger partial charge in [0.25, 0.3) is 5.91 Å². The third-order valence-electron chi connectivity index (χ3n) is 3.52. The Bertz CT molecular complexity index is 589. The lowest BCUT2D eigenvalue weighted by atomic mass is 10.1. The molecule has 1 aromatic carbocycles. The van der Waals surface area contributed by atoms with Crippen LogP contribution in [0.1, 0.15) is 46.0 Å². The molecular weight excluding hydrogens is 326 g/mol. The molecule has 0 radical (unpaired) electrons. The minimum Gasteiger partial charge on any atom is -0.481 e. The van der Waals surface area contributed by atoms with Crippen LogP contribution in [-0.2, 0) is 15.6 Å². The van der Waals surface area contributed by atoms with Crippen LogP contribution in [0.2, 0.25) is 0 Å². The lowest BCUT2D eigenvalue weighted by molar-refractivity contribution is -0.128. The van der Waals surface area contributed by atoms with Crippen molar-refractivity contribution in [1.29, 1.82) is 0 Å². The zero-order chi connectivity index (χ0) is 17.8. The van der Waals surface area contributed by atoms with E-state index >= 15 is 0 Å². The fraction of sp³-hybridized carbons (Fsp3) is 0.500. The molecule has 0 heterocycles. The van der Waals surface area contributed by atoms with Crippen LogP contribution in [0.25, 0.3) is 0 Å². The zero-order valence-electron chi connectivity index (χ0n) is 14.2. The smallest absolute Gasteiger partial charge is 0.259 e. The third kappa shape index (κ3) is 6.73. The van der Waals surface area contributed by atoms with E-state index in [-0.39, 0.29) is 0 Å². The van der Waals surface area contributed by atoms with Gasteiger partial charge in [-0.1, -0.05) is 38.5 Å². The Balaban J connectivity index is 2.73. The van der Waals surface area contributed by atoms with Crippen molar-refractivity contribution in [3.05, 3.63) is 24.3 Å². The van der Waals surface area contributed by atoms with Gasteiger partial charge in [-0.3, -0.25) is 14.2 Å². The number of hydrogen-bond acceptors (Lipinski definition) is 4. The van der Waals surface area contributed by atoms with Gasteiger partial charge in [0, 0.05) is 4.90 Å². The van der Waals surface area contributed by atoms with Gasteiger partial charge in [-0.25, -0.2) is 5.48 Å². The summed E-state index contributed by atoms with van der Waals surface area (Å²) in [7, 11) is -1.53. The maximum Gasteiger partial charge on any atom is 0.259 e. The molecule has 0 aliphatic carbocycles. The average Bonchev–Trinajstić information content (AvgIpc) is 2.61. The summed E-state index contributed by atoms with van der Waals surface area (Å²) in [6, 6.07) is 6.76. The highest BCUT2D eigenvalue weighted by molar-refractivity contribution is 7.86. The van der Waals surface area contributed by atoms with E-state index in [1.807, 2.05) is 0 Å².